The highest BCUT2D eigenvalue weighted by Gasteiger charge is 2.04. The van der Waals surface area contributed by atoms with Crippen LogP contribution in [0.3, 0.4) is 0 Å². The summed E-state index contributed by atoms with van der Waals surface area (Å²) in [5.41, 5.74) is 1.53. The van der Waals surface area contributed by atoms with Gasteiger partial charge in [-0.15, -0.1) is 0 Å². The van der Waals surface area contributed by atoms with Crippen LogP contribution >= 0.6 is 0 Å². The molecule has 27 heavy (non-hydrogen) atoms. The minimum atomic E-state index is -0.352. The van der Waals surface area contributed by atoms with E-state index in [0.717, 1.165) is 5.56 Å². The third kappa shape index (κ3) is 7.85. The van der Waals surface area contributed by atoms with Gasteiger partial charge in [-0.05, 0) is 42.3 Å². The number of nitrogens with zero attached hydrogens (tertiary/aromatic N) is 1. The van der Waals surface area contributed by atoms with Gasteiger partial charge in [0.05, 0.1) is 13.0 Å². The summed E-state index contributed by atoms with van der Waals surface area (Å²) in [4.78, 5) is 16.3. The number of nitrogens with one attached hydrogen (secondary N) is 3. The Kier molecular flexibility index (Phi) is 8.22. The molecule has 5 nitrogen and oxygen atoms in total. The van der Waals surface area contributed by atoms with Crippen molar-refractivity contribution in [1.29, 1.82) is 0 Å². The monoisotopic (exact) mass is 374 g/mol. The predicted octanol–water partition coefficient (Wildman–Crippen LogP) is 2.38. The number of aliphatic imine (C=N–C) groups is 1. The lowest BCUT2D eigenvalue weighted by Gasteiger charge is -2.12. The SMILES string of the molecule is CCNC(=NCc1ccc(F)cc1)NCCNC(=O)Cc1cccc(F)c1. The van der Waals surface area contributed by atoms with Crippen LogP contribution in [0.1, 0.15) is 18.1 Å². The number of rotatable bonds is 8. The summed E-state index contributed by atoms with van der Waals surface area (Å²) < 4.78 is 26.0. The van der Waals surface area contributed by atoms with E-state index >= 15 is 0 Å². The molecule has 1 amide bonds. The summed E-state index contributed by atoms with van der Waals surface area (Å²) in [5.74, 6) is -0.187. The minimum Gasteiger partial charge on any atom is -0.357 e. The smallest absolute Gasteiger partial charge is 0.224 e. The Hall–Kier alpha value is -2.96. The Labute approximate surface area is 157 Å². The molecular weight excluding hydrogens is 350 g/mol. The molecular formula is C20H24F2N4O. The van der Waals surface area contributed by atoms with E-state index in [1.807, 2.05) is 6.92 Å². The maximum Gasteiger partial charge on any atom is 0.224 e. The number of halogens is 2. The molecule has 2 aromatic rings. The molecule has 0 unspecified atom stereocenters. The normalized spacial score (nSPS) is 11.1. The van der Waals surface area contributed by atoms with Crippen molar-refractivity contribution in [2.75, 3.05) is 19.6 Å². The van der Waals surface area contributed by atoms with Gasteiger partial charge >= 0.3 is 0 Å². The van der Waals surface area contributed by atoms with Gasteiger partial charge in [-0.1, -0.05) is 24.3 Å². The van der Waals surface area contributed by atoms with Crippen LogP contribution in [0.15, 0.2) is 53.5 Å². The quantitative estimate of drug-likeness (QED) is 0.378. The number of carbonyl (C=O) groups excluding carboxylic acids is 1. The van der Waals surface area contributed by atoms with E-state index in [0.29, 0.717) is 37.7 Å². The third-order valence-corrected chi connectivity index (χ3v) is 3.67. The van der Waals surface area contributed by atoms with Crippen molar-refractivity contribution in [1.82, 2.24) is 16.0 Å². The van der Waals surface area contributed by atoms with Gasteiger partial charge in [0, 0.05) is 19.6 Å². The number of guanidine groups is 1. The Bertz CT molecular complexity index is 763. The van der Waals surface area contributed by atoms with E-state index in [1.165, 1.54) is 24.3 Å². The number of benzene rings is 2. The Balaban J connectivity index is 1.74. The lowest BCUT2D eigenvalue weighted by atomic mass is 10.1. The zero-order valence-electron chi connectivity index (χ0n) is 15.3. The fourth-order valence-electron chi connectivity index (χ4n) is 2.38. The molecule has 0 aliphatic heterocycles. The van der Waals surface area contributed by atoms with Gasteiger partial charge < -0.3 is 16.0 Å². The molecule has 0 bridgehead atoms. The first-order chi connectivity index (χ1) is 13.1. The van der Waals surface area contributed by atoms with E-state index < -0.39 is 0 Å². The summed E-state index contributed by atoms with van der Waals surface area (Å²) >= 11 is 0. The lowest BCUT2D eigenvalue weighted by Crippen LogP contribution is -2.41. The van der Waals surface area contributed by atoms with Gasteiger partial charge in [-0.25, -0.2) is 13.8 Å². The molecule has 7 heteroatoms. The molecule has 144 valence electrons. The first-order valence-corrected chi connectivity index (χ1v) is 8.84. The maximum atomic E-state index is 13.1. The van der Waals surface area contributed by atoms with Crippen molar-refractivity contribution < 1.29 is 13.6 Å². The highest BCUT2D eigenvalue weighted by molar-refractivity contribution is 5.80. The van der Waals surface area contributed by atoms with Gasteiger partial charge in [-0.2, -0.15) is 0 Å². The summed E-state index contributed by atoms with van der Waals surface area (Å²) in [7, 11) is 0. The molecule has 0 radical (unpaired) electrons. The number of carbonyl (C=O) groups is 1. The van der Waals surface area contributed by atoms with E-state index in [1.54, 1.807) is 24.3 Å². The van der Waals surface area contributed by atoms with Gasteiger partial charge in [-0.3, -0.25) is 4.79 Å². The summed E-state index contributed by atoms with van der Waals surface area (Å²) in [6, 6.07) is 12.2. The van der Waals surface area contributed by atoms with Crippen molar-refractivity contribution in [3.63, 3.8) is 0 Å². The predicted molar refractivity (Wildman–Crippen MR) is 102 cm³/mol. The molecule has 2 rings (SSSR count). The summed E-state index contributed by atoms with van der Waals surface area (Å²) in [6.45, 7) is 3.97. The van der Waals surface area contributed by atoms with Crippen LogP contribution in [0.2, 0.25) is 0 Å². The van der Waals surface area contributed by atoms with Crippen LogP contribution in [0.5, 0.6) is 0 Å². The largest absolute Gasteiger partial charge is 0.357 e. The zero-order chi connectivity index (χ0) is 19.5. The molecule has 0 saturated heterocycles. The van der Waals surface area contributed by atoms with Crippen LogP contribution in [0, 0.1) is 11.6 Å². The van der Waals surface area contributed by atoms with Crippen molar-refractivity contribution >= 4 is 11.9 Å². The number of hydrogen-bond donors (Lipinski definition) is 3. The molecule has 0 aliphatic carbocycles. The second-order valence-electron chi connectivity index (χ2n) is 5.91. The topological polar surface area (TPSA) is 65.5 Å². The first-order valence-electron chi connectivity index (χ1n) is 8.84. The average Bonchev–Trinajstić information content (AvgIpc) is 2.64. The molecule has 0 saturated carbocycles. The van der Waals surface area contributed by atoms with Crippen LogP contribution in [-0.2, 0) is 17.8 Å². The highest BCUT2D eigenvalue weighted by atomic mass is 19.1. The maximum absolute atomic E-state index is 13.1. The summed E-state index contributed by atoms with van der Waals surface area (Å²) in [6.07, 6.45) is 0.135. The fraction of sp³-hybridized carbons (Fsp3) is 0.300. The van der Waals surface area contributed by atoms with Crippen molar-refractivity contribution in [2.45, 2.75) is 19.9 Å². The minimum absolute atomic E-state index is 0.135. The molecule has 3 N–H and O–H groups in total. The first kappa shape index (κ1) is 20.4. The van der Waals surface area contributed by atoms with E-state index in [-0.39, 0.29) is 24.0 Å². The molecule has 0 atom stereocenters. The van der Waals surface area contributed by atoms with Crippen LogP contribution in [0.4, 0.5) is 8.78 Å². The van der Waals surface area contributed by atoms with Crippen LogP contribution in [-0.4, -0.2) is 31.5 Å². The van der Waals surface area contributed by atoms with E-state index in [9.17, 15) is 13.6 Å². The molecule has 0 heterocycles. The molecule has 0 aromatic heterocycles. The Morgan fingerprint density at radius 1 is 0.926 bits per heavy atom. The molecule has 0 fully saturated rings. The lowest BCUT2D eigenvalue weighted by molar-refractivity contribution is -0.120. The van der Waals surface area contributed by atoms with Crippen LogP contribution < -0.4 is 16.0 Å². The molecule has 2 aromatic carbocycles. The molecule has 0 spiro atoms. The van der Waals surface area contributed by atoms with E-state index in [4.69, 9.17) is 0 Å². The molecule has 0 aliphatic rings. The number of hydrogen-bond acceptors (Lipinski definition) is 2. The van der Waals surface area contributed by atoms with E-state index in [2.05, 4.69) is 20.9 Å². The van der Waals surface area contributed by atoms with Crippen LogP contribution in [0.25, 0.3) is 0 Å². The Morgan fingerprint density at radius 2 is 1.67 bits per heavy atom. The zero-order valence-corrected chi connectivity index (χ0v) is 15.3. The van der Waals surface area contributed by atoms with Gasteiger partial charge in [0.2, 0.25) is 5.91 Å². The Morgan fingerprint density at radius 3 is 2.37 bits per heavy atom. The van der Waals surface area contributed by atoms with Crippen molar-refractivity contribution in [3.05, 3.63) is 71.3 Å². The second-order valence-corrected chi connectivity index (χ2v) is 5.91. The van der Waals surface area contributed by atoms with Gasteiger partial charge in [0.25, 0.3) is 0 Å². The van der Waals surface area contributed by atoms with Crippen molar-refractivity contribution in [3.8, 4) is 0 Å². The standard InChI is InChI=1S/C20H24F2N4O/c1-2-23-20(26-14-15-6-8-17(21)9-7-15)25-11-10-24-19(27)13-16-4-3-5-18(22)12-16/h3-9,12H,2,10-11,13-14H2,1H3,(H,24,27)(H2,23,25,26). The summed E-state index contributed by atoms with van der Waals surface area (Å²) in [5, 5.41) is 9.01. The number of amides is 1. The highest BCUT2D eigenvalue weighted by Crippen LogP contribution is 2.04. The fourth-order valence-corrected chi connectivity index (χ4v) is 2.38. The van der Waals surface area contributed by atoms with Gasteiger partial charge in [0.1, 0.15) is 11.6 Å². The second kappa shape index (κ2) is 10.9. The average molecular weight is 374 g/mol. The third-order valence-electron chi connectivity index (χ3n) is 3.67. The van der Waals surface area contributed by atoms with Gasteiger partial charge in [0.15, 0.2) is 5.96 Å². The van der Waals surface area contributed by atoms with Crippen molar-refractivity contribution in [2.24, 2.45) is 4.99 Å².